The molecule has 1 aliphatic rings. The number of amides is 1. The van der Waals surface area contributed by atoms with Crippen molar-refractivity contribution >= 4 is 23.3 Å². The molecule has 110 valence electrons. The summed E-state index contributed by atoms with van der Waals surface area (Å²) in [5, 5.41) is 3.18. The van der Waals surface area contributed by atoms with Gasteiger partial charge in [-0.05, 0) is 49.3 Å². The van der Waals surface area contributed by atoms with Gasteiger partial charge in [-0.1, -0.05) is 23.7 Å². The summed E-state index contributed by atoms with van der Waals surface area (Å²) in [6.07, 6.45) is 2.90. The predicted octanol–water partition coefficient (Wildman–Crippen LogP) is 2.89. The number of ketones is 1. The summed E-state index contributed by atoms with van der Waals surface area (Å²) in [6.45, 7) is 3.48. The van der Waals surface area contributed by atoms with E-state index in [0.29, 0.717) is 21.7 Å². The molecule has 0 spiro atoms. The van der Waals surface area contributed by atoms with Crippen LogP contribution in [-0.4, -0.2) is 24.5 Å². The third-order valence-electron chi connectivity index (χ3n) is 3.54. The number of hydrogen-bond donors (Lipinski definition) is 1. The maximum absolute atomic E-state index is 12.5. The molecular weight excluding hydrogens is 290 g/mol. The van der Waals surface area contributed by atoms with Gasteiger partial charge >= 0.3 is 0 Å². The lowest BCUT2D eigenvalue weighted by Gasteiger charge is -2.37. The van der Waals surface area contributed by atoms with E-state index >= 15 is 0 Å². The van der Waals surface area contributed by atoms with Gasteiger partial charge in [0.15, 0.2) is 11.5 Å². The average Bonchev–Trinajstić information content (AvgIpc) is 2.43. The maximum Gasteiger partial charge on any atom is 0.255 e. The standard InChI is InChI=1S/C16H16ClNO3/c1-10-8-12(19)9-11(2)16(10,21-3)18-15(20)13-6-4-5-7-14(13)17/h4-9H,1-3H3,(H,18,20). The van der Waals surface area contributed by atoms with Gasteiger partial charge < -0.3 is 10.1 Å². The van der Waals surface area contributed by atoms with Crippen LogP contribution in [0.5, 0.6) is 0 Å². The van der Waals surface area contributed by atoms with Crippen LogP contribution in [0.3, 0.4) is 0 Å². The molecule has 1 aliphatic carbocycles. The largest absolute Gasteiger partial charge is 0.351 e. The third kappa shape index (κ3) is 2.77. The Kier molecular flexibility index (Phi) is 4.30. The van der Waals surface area contributed by atoms with Gasteiger partial charge in [0.05, 0.1) is 10.6 Å². The van der Waals surface area contributed by atoms with Crippen molar-refractivity contribution in [3.8, 4) is 0 Å². The minimum Gasteiger partial charge on any atom is -0.351 e. The molecule has 0 atom stereocenters. The van der Waals surface area contributed by atoms with Gasteiger partial charge in [0.1, 0.15) is 0 Å². The zero-order valence-electron chi connectivity index (χ0n) is 12.1. The Morgan fingerprint density at radius 1 is 1.19 bits per heavy atom. The summed E-state index contributed by atoms with van der Waals surface area (Å²) >= 11 is 6.04. The molecule has 0 bridgehead atoms. The highest BCUT2D eigenvalue weighted by molar-refractivity contribution is 6.33. The number of methoxy groups -OCH3 is 1. The Labute approximate surface area is 128 Å². The summed E-state index contributed by atoms with van der Waals surface area (Å²) < 4.78 is 5.52. The van der Waals surface area contributed by atoms with Crippen molar-refractivity contribution in [3.63, 3.8) is 0 Å². The highest BCUT2D eigenvalue weighted by Crippen LogP contribution is 2.30. The number of carbonyl (C=O) groups is 2. The van der Waals surface area contributed by atoms with Crippen LogP contribution < -0.4 is 5.32 Å². The first-order valence-electron chi connectivity index (χ1n) is 6.44. The zero-order valence-corrected chi connectivity index (χ0v) is 12.8. The molecule has 0 aliphatic heterocycles. The highest BCUT2D eigenvalue weighted by Gasteiger charge is 2.39. The van der Waals surface area contributed by atoms with Crippen molar-refractivity contribution in [1.29, 1.82) is 0 Å². The number of nitrogens with one attached hydrogen (secondary N) is 1. The van der Waals surface area contributed by atoms with Crippen LogP contribution in [0.2, 0.25) is 5.02 Å². The Morgan fingerprint density at radius 3 is 2.29 bits per heavy atom. The number of halogens is 1. The average molecular weight is 306 g/mol. The van der Waals surface area contributed by atoms with Gasteiger partial charge in [0.2, 0.25) is 0 Å². The van der Waals surface area contributed by atoms with Crippen LogP contribution in [0.1, 0.15) is 24.2 Å². The zero-order chi connectivity index (χ0) is 15.6. The molecule has 0 radical (unpaired) electrons. The minimum atomic E-state index is -1.12. The number of ether oxygens (including phenoxy) is 1. The summed E-state index contributed by atoms with van der Waals surface area (Å²) in [5.74, 6) is -0.484. The molecule has 4 nitrogen and oxygen atoms in total. The summed E-state index contributed by atoms with van der Waals surface area (Å²) in [7, 11) is 1.48. The van der Waals surface area contributed by atoms with Crippen LogP contribution in [0.15, 0.2) is 47.6 Å². The summed E-state index contributed by atoms with van der Waals surface area (Å²) in [6, 6.07) is 6.76. The lowest BCUT2D eigenvalue weighted by atomic mass is 9.89. The SMILES string of the molecule is COC1(NC(=O)c2ccccc2Cl)C(C)=CC(=O)C=C1C. The monoisotopic (exact) mass is 305 g/mol. The van der Waals surface area contributed by atoms with Gasteiger partial charge in [-0.25, -0.2) is 0 Å². The van der Waals surface area contributed by atoms with Crippen LogP contribution in [-0.2, 0) is 9.53 Å². The lowest BCUT2D eigenvalue weighted by molar-refractivity contribution is -0.111. The van der Waals surface area contributed by atoms with Gasteiger partial charge in [0.25, 0.3) is 5.91 Å². The van der Waals surface area contributed by atoms with Crippen molar-refractivity contribution in [2.24, 2.45) is 0 Å². The number of carbonyl (C=O) groups excluding carboxylic acids is 2. The molecule has 0 saturated heterocycles. The fraction of sp³-hybridized carbons (Fsp3) is 0.250. The molecule has 0 unspecified atom stereocenters. The quantitative estimate of drug-likeness (QED) is 0.874. The van der Waals surface area contributed by atoms with Crippen LogP contribution in [0.25, 0.3) is 0 Å². The summed E-state index contributed by atoms with van der Waals surface area (Å²) in [5.41, 5.74) is 0.475. The molecule has 5 heteroatoms. The van der Waals surface area contributed by atoms with Gasteiger partial charge in [-0.15, -0.1) is 0 Å². The Balaban J connectivity index is 2.38. The van der Waals surface area contributed by atoms with E-state index < -0.39 is 5.72 Å². The van der Waals surface area contributed by atoms with Crippen molar-refractivity contribution in [2.45, 2.75) is 19.6 Å². The van der Waals surface area contributed by atoms with Crippen molar-refractivity contribution in [2.75, 3.05) is 7.11 Å². The third-order valence-corrected chi connectivity index (χ3v) is 3.87. The molecule has 0 aromatic heterocycles. The predicted molar refractivity (Wildman–Crippen MR) is 81.2 cm³/mol. The first-order valence-corrected chi connectivity index (χ1v) is 6.82. The molecule has 0 fully saturated rings. The second-order valence-electron chi connectivity index (χ2n) is 4.88. The van der Waals surface area contributed by atoms with Crippen LogP contribution in [0, 0.1) is 0 Å². The Morgan fingerprint density at radius 2 is 1.76 bits per heavy atom. The second-order valence-corrected chi connectivity index (χ2v) is 5.28. The normalized spacial score (nSPS) is 17.0. The minimum absolute atomic E-state index is 0.121. The maximum atomic E-state index is 12.5. The van der Waals surface area contributed by atoms with E-state index in [9.17, 15) is 9.59 Å². The van der Waals surface area contributed by atoms with Crippen molar-refractivity contribution in [1.82, 2.24) is 5.32 Å². The first kappa shape index (κ1) is 15.5. The van der Waals surface area contributed by atoms with E-state index in [4.69, 9.17) is 16.3 Å². The fourth-order valence-electron chi connectivity index (χ4n) is 2.43. The van der Waals surface area contributed by atoms with E-state index in [1.807, 2.05) is 0 Å². The van der Waals surface area contributed by atoms with Crippen molar-refractivity contribution < 1.29 is 14.3 Å². The topological polar surface area (TPSA) is 55.4 Å². The van der Waals surface area contributed by atoms with Crippen LogP contribution in [0.4, 0.5) is 0 Å². The van der Waals surface area contributed by atoms with E-state index in [0.717, 1.165) is 0 Å². The Hall–Kier alpha value is -1.91. The number of hydrogen-bond acceptors (Lipinski definition) is 3. The van der Waals surface area contributed by atoms with Crippen molar-refractivity contribution in [3.05, 3.63) is 58.1 Å². The molecule has 2 rings (SSSR count). The van der Waals surface area contributed by atoms with Gasteiger partial charge in [-0.3, -0.25) is 9.59 Å². The Bertz CT molecular complexity index is 639. The molecule has 21 heavy (non-hydrogen) atoms. The van der Waals surface area contributed by atoms with E-state index in [1.165, 1.54) is 19.3 Å². The number of rotatable bonds is 3. The molecular formula is C16H16ClNO3. The number of allylic oxidation sites excluding steroid dienone is 2. The van der Waals surface area contributed by atoms with E-state index in [1.54, 1.807) is 38.1 Å². The van der Waals surface area contributed by atoms with Gasteiger partial charge in [0, 0.05) is 7.11 Å². The lowest BCUT2D eigenvalue weighted by Crippen LogP contribution is -2.53. The second kappa shape index (κ2) is 5.84. The smallest absolute Gasteiger partial charge is 0.255 e. The highest BCUT2D eigenvalue weighted by atomic mass is 35.5. The van der Waals surface area contributed by atoms with Gasteiger partial charge in [-0.2, -0.15) is 0 Å². The molecule has 0 heterocycles. The van der Waals surface area contributed by atoms with E-state index in [-0.39, 0.29) is 11.7 Å². The summed E-state index contributed by atoms with van der Waals surface area (Å²) in [4.78, 5) is 24.0. The molecule has 0 saturated carbocycles. The molecule has 1 amide bonds. The fourth-order valence-corrected chi connectivity index (χ4v) is 2.65. The van der Waals surface area contributed by atoms with E-state index in [2.05, 4.69) is 5.32 Å². The molecule has 1 N–H and O–H groups in total. The van der Waals surface area contributed by atoms with Crippen LogP contribution >= 0.6 is 11.6 Å². The number of benzene rings is 1. The molecule has 1 aromatic carbocycles. The first-order chi connectivity index (χ1) is 9.90. The molecule has 1 aromatic rings.